The van der Waals surface area contributed by atoms with Crippen LogP contribution in [-0.4, -0.2) is 45.9 Å². The third-order valence-electron chi connectivity index (χ3n) is 6.59. The van der Waals surface area contributed by atoms with Gasteiger partial charge in [-0.25, -0.2) is 9.96 Å². The van der Waals surface area contributed by atoms with E-state index >= 15 is 0 Å². The summed E-state index contributed by atoms with van der Waals surface area (Å²) in [5.74, 6) is 0.0133. The molecule has 37 heavy (non-hydrogen) atoms. The van der Waals surface area contributed by atoms with Crippen LogP contribution < -0.4 is 28.9 Å². The number of fused-ring (bicyclic) bond motifs is 1. The molecule has 2 aliphatic rings. The molecule has 5 rings (SSSR count). The lowest BCUT2D eigenvalue weighted by Gasteiger charge is -2.30. The Bertz CT molecular complexity index is 1310. The SMILES string of the molecule is CCOc1ccccc1N1C(=O)[C@@H]2[C@H](ON(c3ccccc3)[C@H]2c2ccc(OC)c(OC)c2OC)C1=O. The highest BCUT2D eigenvalue weighted by Gasteiger charge is 2.61. The van der Waals surface area contributed by atoms with Gasteiger partial charge < -0.3 is 18.9 Å². The van der Waals surface area contributed by atoms with Crippen LogP contribution in [0.5, 0.6) is 23.0 Å². The summed E-state index contributed by atoms with van der Waals surface area (Å²) in [5, 5.41) is 1.61. The number of carbonyl (C=O) groups excluding carboxylic acids is 2. The van der Waals surface area contributed by atoms with Crippen molar-refractivity contribution < 1.29 is 33.4 Å². The normalized spacial score (nSPS) is 20.7. The zero-order valence-corrected chi connectivity index (χ0v) is 21.0. The van der Waals surface area contributed by atoms with Crippen LogP contribution in [0.1, 0.15) is 18.5 Å². The van der Waals surface area contributed by atoms with E-state index in [1.54, 1.807) is 41.5 Å². The Morgan fingerprint density at radius 3 is 2.16 bits per heavy atom. The number of rotatable bonds is 8. The molecule has 0 bridgehead atoms. The molecule has 0 saturated carbocycles. The lowest BCUT2D eigenvalue weighted by atomic mass is 9.89. The Morgan fingerprint density at radius 2 is 1.49 bits per heavy atom. The minimum atomic E-state index is -1.04. The fourth-order valence-corrected chi connectivity index (χ4v) is 5.04. The predicted molar refractivity (Wildman–Crippen MR) is 136 cm³/mol. The summed E-state index contributed by atoms with van der Waals surface area (Å²) >= 11 is 0. The fourth-order valence-electron chi connectivity index (χ4n) is 5.04. The molecule has 2 aliphatic heterocycles. The van der Waals surface area contributed by atoms with Crippen LogP contribution in [0.2, 0.25) is 0 Å². The Morgan fingerprint density at radius 1 is 0.784 bits per heavy atom. The van der Waals surface area contributed by atoms with Gasteiger partial charge in [0.15, 0.2) is 17.6 Å². The second-order valence-corrected chi connectivity index (χ2v) is 8.49. The van der Waals surface area contributed by atoms with Crippen LogP contribution in [0.4, 0.5) is 11.4 Å². The molecule has 2 heterocycles. The van der Waals surface area contributed by atoms with Gasteiger partial charge in [-0.3, -0.25) is 14.4 Å². The van der Waals surface area contributed by atoms with Crippen LogP contribution in [0.15, 0.2) is 66.7 Å². The summed E-state index contributed by atoms with van der Waals surface area (Å²) in [6.45, 7) is 2.24. The van der Waals surface area contributed by atoms with E-state index in [0.717, 1.165) is 0 Å². The minimum absolute atomic E-state index is 0.384. The molecule has 0 aliphatic carbocycles. The highest BCUT2D eigenvalue weighted by Crippen LogP contribution is 2.53. The molecule has 2 amide bonds. The van der Waals surface area contributed by atoms with Gasteiger partial charge in [0.1, 0.15) is 17.7 Å². The number of methoxy groups -OCH3 is 3. The van der Waals surface area contributed by atoms with E-state index in [0.29, 0.717) is 46.5 Å². The minimum Gasteiger partial charge on any atom is -0.493 e. The highest BCUT2D eigenvalue weighted by molar-refractivity contribution is 6.24. The number of anilines is 2. The number of imide groups is 1. The smallest absolute Gasteiger partial charge is 0.266 e. The summed E-state index contributed by atoms with van der Waals surface area (Å²) in [7, 11) is 4.58. The first-order valence-corrected chi connectivity index (χ1v) is 11.9. The van der Waals surface area contributed by atoms with Crippen LogP contribution in [0.3, 0.4) is 0 Å². The molecular weight excluding hydrogens is 476 g/mol. The van der Waals surface area contributed by atoms with Gasteiger partial charge in [-0.15, -0.1) is 0 Å². The van der Waals surface area contributed by atoms with E-state index in [9.17, 15) is 9.59 Å². The molecule has 0 aromatic heterocycles. The van der Waals surface area contributed by atoms with Crippen molar-refractivity contribution in [3.63, 3.8) is 0 Å². The average molecular weight is 505 g/mol. The van der Waals surface area contributed by atoms with Crippen molar-refractivity contribution in [2.45, 2.75) is 19.1 Å². The highest BCUT2D eigenvalue weighted by atomic mass is 16.7. The van der Waals surface area contributed by atoms with Crippen LogP contribution in [0.25, 0.3) is 0 Å². The summed E-state index contributed by atoms with van der Waals surface area (Å²) in [6, 6.07) is 19.2. The third kappa shape index (κ3) is 3.92. The molecule has 9 nitrogen and oxygen atoms in total. The van der Waals surface area contributed by atoms with Crippen molar-refractivity contribution in [1.29, 1.82) is 0 Å². The van der Waals surface area contributed by atoms with E-state index in [2.05, 4.69) is 0 Å². The predicted octanol–water partition coefficient (Wildman–Crippen LogP) is 4.16. The van der Waals surface area contributed by atoms with Crippen LogP contribution in [-0.2, 0) is 14.4 Å². The zero-order chi connectivity index (χ0) is 26.1. The van der Waals surface area contributed by atoms with E-state index in [4.69, 9.17) is 23.8 Å². The molecule has 0 spiro atoms. The Kier molecular flexibility index (Phi) is 6.62. The topological polar surface area (TPSA) is 86.8 Å². The first-order valence-electron chi connectivity index (χ1n) is 11.9. The van der Waals surface area contributed by atoms with E-state index in [1.165, 1.54) is 26.2 Å². The maximum Gasteiger partial charge on any atom is 0.266 e. The van der Waals surface area contributed by atoms with Gasteiger partial charge >= 0.3 is 0 Å². The second kappa shape index (κ2) is 10.0. The molecular formula is C28H28N2O7. The molecule has 2 saturated heterocycles. The molecule has 0 N–H and O–H groups in total. The number of nitrogens with zero attached hydrogens (tertiary/aromatic N) is 2. The maximum atomic E-state index is 14.0. The quantitative estimate of drug-likeness (QED) is 0.423. The number of carbonyl (C=O) groups is 2. The summed E-state index contributed by atoms with van der Waals surface area (Å²) < 4.78 is 22.5. The third-order valence-corrected chi connectivity index (χ3v) is 6.59. The molecule has 3 atom stereocenters. The van der Waals surface area contributed by atoms with Crippen molar-refractivity contribution in [2.24, 2.45) is 5.92 Å². The summed E-state index contributed by atoms with van der Waals surface area (Å²) in [4.78, 5) is 35.2. The number of amides is 2. The zero-order valence-electron chi connectivity index (χ0n) is 21.0. The second-order valence-electron chi connectivity index (χ2n) is 8.49. The number of hydroxylamine groups is 1. The van der Waals surface area contributed by atoms with Gasteiger partial charge in [-0.05, 0) is 43.3 Å². The maximum absolute atomic E-state index is 14.0. The standard InChI is InChI=1S/C28H28N2O7/c1-5-36-20-14-10-9-13-19(20)29-27(31)22-23(18-15-16-21(33-2)25(35-4)24(18)34-3)30(37-26(22)28(29)32)17-11-7-6-8-12-17/h6-16,22-23,26H,5H2,1-4H3/t22-,23-,26-/m0/s1. The number of hydrogen-bond acceptors (Lipinski definition) is 8. The van der Waals surface area contributed by atoms with E-state index < -0.39 is 24.0 Å². The van der Waals surface area contributed by atoms with E-state index in [-0.39, 0.29) is 5.91 Å². The van der Waals surface area contributed by atoms with Crippen LogP contribution >= 0.6 is 0 Å². The molecule has 0 unspecified atom stereocenters. The molecule has 9 heteroatoms. The fraction of sp³-hybridized carbons (Fsp3) is 0.286. The first-order chi connectivity index (χ1) is 18.0. The van der Waals surface area contributed by atoms with Crippen molar-refractivity contribution >= 4 is 23.2 Å². The average Bonchev–Trinajstić information content (AvgIpc) is 3.44. The summed E-state index contributed by atoms with van der Waals surface area (Å²) in [6.07, 6.45) is -1.04. The van der Waals surface area contributed by atoms with Crippen molar-refractivity contribution in [3.05, 3.63) is 72.3 Å². The number of benzene rings is 3. The lowest BCUT2D eigenvalue weighted by Crippen LogP contribution is -2.37. The van der Waals surface area contributed by atoms with Gasteiger partial charge in [0.2, 0.25) is 11.7 Å². The number of hydrogen-bond donors (Lipinski definition) is 0. The molecule has 2 fully saturated rings. The molecule has 3 aromatic carbocycles. The van der Waals surface area contributed by atoms with Crippen LogP contribution in [0, 0.1) is 5.92 Å². The van der Waals surface area contributed by atoms with Gasteiger partial charge in [-0.2, -0.15) is 0 Å². The van der Waals surface area contributed by atoms with Gasteiger partial charge in [-0.1, -0.05) is 30.3 Å². The monoisotopic (exact) mass is 504 g/mol. The van der Waals surface area contributed by atoms with Gasteiger partial charge in [0.25, 0.3) is 5.91 Å². The Labute approximate surface area is 215 Å². The largest absolute Gasteiger partial charge is 0.493 e. The van der Waals surface area contributed by atoms with Gasteiger partial charge in [0.05, 0.1) is 39.3 Å². The Balaban J connectivity index is 1.66. The molecule has 0 radical (unpaired) electrons. The summed E-state index contributed by atoms with van der Waals surface area (Å²) in [5.41, 5.74) is 1.71. The molecule has 3 aromatic rings. The number of ether oxygens (including phenoxy) is 4. The van der Waals surface area contributed by atoms with Crippen molar-refractivity contribution in [3.8, 4) is 23.0 Å². The van der Waals surface area contributed by atoms with Crippen molar-refractivity contribution in [2.75, 3.05) is 37.9 Å². The first kappa shape index (κ1) is 24.5. The van der Waals surface area contributed by atoms with E-state index in [1.807, 2.05) is 37.3 Å². The number of para-hydroxylation sites is 3. The Hall–Kier alpha value is -4.24. The van der Waals surface area contributed by atoms with Gasteiger partial charge in [0, 0.05) is 5.56 Å². The molecule has 192 valence electrons. The lowest BCUT2D eigenvalue weighted by molar-refractivity contribution is -0.126. The van der Waals surface area contributed by atoms with Crippen molar-refractivity contribution in [1.82, 2.24) is 0 Å².